The first-order valence-electron chi connectivity index (χ1n) is 7.17. The van der Waals surface area contributed by atoms with E-state index in [0.717, 1.165) is 19.3 Å². The van der Waals surface area contributed by atoms with Crippen LogP contribution >= 0.6 is 0 Å². The number of hydrogen-bond donors (Lipinski definition) is 1. The number of aryl methyl sites for hydroxylation is 1. The van der Waals surface area contributed by atoms with Crippen LogP contribution in [0.15, 0.2) is 48.5 Å². The Bertz CT molecular complexity index is 715. The predicted octanol–water partition coefficient (Wildman–Crippen LogP) is 3.37. The van der Waals surface area contributed by atoms with Crippen LogP contribution in [0.4, 0.5) is 0 Å². The highest BCUT2D eigenvalue weighted by atomic mass is 16.1. The second-order valence-corrected chi connectivity index (χ2v) is 5.31. The summed E-state index contributed by atoms with van der Waals surface area (Å²) in [5.41, 5.74) is 3.58. The Morgan fingerprint density at radius 1 is 1.19 bits per heavy atom. The third-order valence-corrected chi connectivity index (χ3v) is 3.93. The van der Waals surface area contributed by atoms with Gasteiger partial charge in [0.1, 0.15) is 0 Å². The van der Waals surface area contributed by atoms with Crippen LogP contribution in [0.1, 0.15) is 45.9 Å². The largest absolute Gasteiger partial charge is 0.345 e. The third-order valence-electron chi connectivity index (χ3n) is 3.93. The summed E-state index contributed by atoms with van der Waals surface area (Å²) >= 11 is 0. The minimum atomic E-state index is -0.117. The van der Waals surface area contributed by atoms with Gasteiger partial charge in [-0.2, -0.15) is 5.26 Å². The molecule has 0 radical (unpaired) electrons. The van der Waals surface area contributed by atoms with Crippen LogP contribution in [-0.4, -0.2) is 5.91 Å². The van der Waals surface area contributed by atoms with E-state index in [1.54, 1.807) is 24.3 Å². The highest BCUT2D eigenvalue weighted by Crippen LogP contribution is 2.29. The molecule has 3 nitrogen and oxygen atoms in total. The molecule has 0 heterocycles. The molecule has 0 aliphatic heterocycles. The number of nitrogens with one attached hydrogen (secondary N) is 1. The standard InChI is InChI=1S/C18H16N2O/c19-12-13-5-3-8-15(11-13)18(21)20-17-10-4-7-14-6-1-2-9-16(14)17/h1-3,5-6,8-9,11,17H,4,7,10H2,(H,20,21)/t17-/m1/s1. The lowest BCUT2D eigenvalue weighted by molar-refractivity contribution is 0.0932. The van der Waals surface area contributed by atoms with Crippen LogP contribution in [-0.2, 0) is 6.42 Å². The molecule has 21 heavy (non-hydrogen) atoms. The Balaban J connectivity index is 1.81. The topological polar surface area (TPSA) is 52.9 Å². The average molecular weight is 276 g/mol. The van der Waals surface area contributed by atoms with Crippen LogP contribution in [0.2, 0.25) is 0 Å². The smallest absolute Gasteiger partial charge is 0.251 e. The molecule has 0 saturated carbocycles. The fraction of sp³-hybridized carbons (Fsp3) is 0.222. The normalized spacial score (nSPS) is 16.6. The van der Waals surface area contributed by atoms with E-state index in [1.165, 1.54) is 11.1 Å². The molecule has 3 rings (SSSR count). The third kappa shape index (κ3) is 2.80. The van der Waals surface area contributed by atoms with Gasteiger partial charge in [0.25, 0.3) is 5.91 Å². The highest BCUT2D eigenvalue weighted by molar-refractivity contribution is 5.94. The number of nitrogens with zero attached hydrogens (tertiary/aromatic N) is 1. The Hall–Kier alpha value is -2.60. The summed E-state index contributed by atoms with van der Waals surface area (Å²) in [5.74, 6) is -0.117. The molecular formula is C18H16N2O. The molecule has 0 spiro atoms. The van der Waals surface area contributed by atoms with Crippen molar-refractivity contribution >= 4 is 5.91 Å². The van der Waals surface area contributed by atoms with Gasteiger partial charge < -0.3 is 5.32 Å². The monoisotopic (exact) mass is 276 g/mol. The Morgan fingerprint density at radius 2 is 2.05 bits per heavy atom. The van der Waals surface area contributed by atoms with E-state index in [9.17, 15) is 4.79 Å². The zero-order chi connectivity index (χ0) is 14.7. The summed E-state index contributed by atoms with van der Waals surface area (Å²) in [7, 11) is 0. The van der Waals surface area contributed by atoms with Gasteiger partial charge in [0.05, 0.1) is 17.7 Å². The van der Waals surface area contributed by atoms with E-state index in [4.69, 9.17) is 5.26 Å². The average Bonchev–Trinajstić information content (AvgIpc) is 2.55. The maximum atomic E-state index is 12.4. The minimum Gasteiger partial charge on any atom is -0.345 e. The predicted molar refractivity (Wildman–Crippen MR) is 80.7 cm³/mol. The van der Waals surface area contributed by atoms with E-state index in [-0.39, 0.29) is 11.9 Å². The number of carbonyl (C=O) groups is 1. The number of nitriles is 1. The summed E-state index contributed by atoms with van der Waals surface area (Å²) in [4.78, 5) is 12.4. The molecule has 0 saturated heterocycles. The van der Waals surface area contributed by atoms with Crippen molar-refractivity contribution in [1.82, 2.24) is 5.32 Å². The van der Waals surface area contributed by atoms with Crippen molar-refractivity contribution < 1.29 is 4.79 Å². The van der Waals surface area contributed by atoms with Crippen molar-refractivity contribution in [3.8, 4) is 6.07 Å². The number of hydrogen-bond acceptors (Lipinski definition) is 2. The second-order valence-electron chi connectivity index (χ2n) is 5.31. The minimum absolute atomic E-state index is 0.0631. The van der Waals surface area contributed by atoms with Crippen LogP contribution < -0.4 is 5.32 Å². The Labute approximate surface area is 124 Å². The van der Waals surface area contributed by atoms with E-state index in [0.29, 0.717) is 11.1 Å². The molecule has 0 aromatic heterocycles. The van der Waals surface area contributed by atoms with Gasteiger partial charge in [0.15, 0.2) is 0 Å². The van der Waals surface area contributed by atoms with E-state index in [1.807, 2.05) is 12.1 Å². The maximum Gasteiger partial charge on any atom is 0.251 e. The molecule has 0 bridgehead atoms. The molecule has 1 aliphatic carbocycles. The SMILES string of the molecule is N#Cc1cccc(C(=O)N[C@@H]2CCCc3ccccc32)c1. The second kappa shape index (κ2) is 5.80. The highest BCUT2D eigenvalue weighted by Gasteiger charge is 2.21. The Kier molecular flexibility index (Phi) is 3.70. The summed E-state index contributed by atoms with van der Waals surface area (Å²) in [6, 6.07) is 17.2. The first kappa shape index (κ1) is 13.4. The van der Waals surface area contributed by atoms with Gasteiger partial charge in [-0.25, -0.2) is 0 Å². The van der Waals surface area contributed by atoms with Gasteiger partial charge >= 0.3 is 0 Å². The lowest BCUT2D eigenvalue weighted by Crippen LogP contribution is -2.31. The fourth-order valence-corrected chi connectivity index (χ4v) is 2.88. The van der Waals surface area contributed by atoms with Gasteiger partial charge in [0.2, 0.25) is 0 Å². The van der Waals surface area contributed by atoms with Crippen LogP contribution in [0.25, 0.3) is 0 Å². The first-order chi connectivity index (χ1) is 10.3. The van der Waals surface area contributed by atoms with Crippen molar-refractivity contribution in [1.29, 1.82) is 5.26 Å². The van der Waals surface area contributed by atoms with Gasteiger partial charge in [-0.1, -0.05) is 30.3 Å². The molecule has 0 fully saturated rings. The van der Waals surface area contributed by atoms with Crippen molar-refractivity contribution in [2.75, 3.05) is 0 Å². The summed E-state index contributed by atoms with van der Waals surface area (Å²) in [6.45, 7) is 0. The van der Waals surface area contributed by atoms with Crippen molar-refractivity contribution in [2.24, 2.45) is 0 Å². The molecular weight excluding hydrogens is 260 g/mol. The Morgan fingerprint density at radius 3 is 2.90 bits per heavy atom. The number of amides is 1. The first-order valence-corrected chi connectivity index (χ1v) is 7.17. The molecule has 1 amide bonds. The molecule has 1 N–H and O–H groups in total. The molecule has 3 heteroatoms. The van der Waals surface area contributed by atoms with E-state index in [2.05, 4.69) is 23.5 Å². The zero-order valence-electron chi connectivity index (χ0n) is 11.7. The number of fused-ring (bicyclic) bond motifs is 1. The van der Waals surface area contributed by atoms with Gasteiger partial charge in [-0.15, -0.1) is 0 Å². The van der Waals surface area contributed by atoms with Crippen molar-refractivity contribution in [2.45, 2.75) is 25.3 Å². The molecule has 104 valence electrons. The van der Waals surface area contributed by atoms with Crippen LogP contribution in [0, 0.1) is 11.3 Å². The number of rotatable bonds is 2. The van der Waals surface area contributed by atoms with Gasteiger partial charge in [-0.05, 0) is 48.6 Å². The number of benzene rings is 2. The molecule has 2 aromatic rings. The number of carbonyl (C=O) groups excluding carboxylic acids is 1. The van der Waals surface area contributed by atoms with Crippen LogP contribution in [0.3, 0.4) is 0 Å². The van der Waals surface area contributed by atoms with Crippen molar-refractivity contribution in [3.05, 3.63) is 70.8 Å². The fourth-order valence-electron chi connectivity index (χ4n) is 2.88. The molecule has 0 unspecified atom stereocenters. The lowest BCUT2D eigenvalue weighted by atomic mass is 9.87. The summed E-state index contributed by atoms with van der Waals surface area (Å²) in [6.07, 6.45) is 3.12. The zero-order valence-corrected chi connectivity index (χ0v) is 11.7. The summed E-state index contributed by atoms with van der Waals surface area (Å²) < 4.78 is 0. The van der Waals surface area contributed by atoms with E-state index >= 15 is 0 Å². The van der Waals surface area contributed by atoms with Gasteiger partial charge in [-0.3, -0.25) is 4.79 Å². The maximum absolute atomic E-state index is 12.4. The summed E-state index contributed by atoms with van der Waals surface area (Å²) in [5, 5.41) is 12.0. The molecule has 1 atom stereocenters. The van der Waals surface area contributed by atoms with E-state index < -0.39 is 0 Å². The molecule has 1 aliphatic rings. The van der Waals surface area contributed by atoms with Crippen LogP contribution in [0.5, 0.6) is 0 Å². The quantitative estimate of drug-likeness (QED) is 0.914. The molecule has 2 aromatic carbocycles. The lowest BCUT2D eigenvalue weighted by Gasteiger charge is -2.26. The van der Waals surface area contributed by atoms with Crippen molar-refractivity contribution in [3.63, 3.8) is 0 Å². The van der Waals surface area contributed by atoms with Gasteiger partial charge in [0, 0.05) is 5.56 Å².